The second kappa shape index (κ2) is 4.86. The molecule has 0 bridgehead atoms. The molecule has 1 saturated carbocycles. The van der Waals surface area contributed by atoms with Crippen molar-refractivity contribution in [2.24, 2.45) is 0 Å². The van der Waals surface area contributed by atoms with E-state index in [0.717, 1.165) is 32.3 Å². The first-order valence-corrected chi connectivity index (χ1v) is 6.73. The van der Waals surface area contributed by atoms with Crippen LogP contribution in [-0.4, -0.2) is 22.5 Å². The van der Waals surface area contributed by atoms with E-state index in [0.29, 0.717) is 17.0 Å². The number of hydrogen-bond donors (Lipinski definition) is 0. The van der Waals surface area contributed by atoms with Crippen molar-refractivity contribution in [1.82, 2.24) is 9.78 Å². The number of nitrogens with zero attached hydrogens (tertiary/aromatic N) is 2. The van der Waals surface area contributed by atoms with Crippen LogP contribution in [-0.2, 0) is 4.74 Å². The van der Waals surface area contributed by atoms with E-state index >= 15 is 0 Å². The number of halogens is 1. The van der Waals surface area contributed by atoms with Crippen molar-refractivity contribution in [2.75, 3.05) is 6.61 Å². The fraction of sp³-hybridized carbons (Fsp3) is 0.750. The lowest BCUT2D eigenvalue weighted by molar-refractivity contribution is 0.0467. The zero-order valence-electron chi connectivity index (χ0n) is 9.77. The minimum absolute atomic E-state index is 0.0107. The van der Waals surface area contributed by atoms with Crippen molar-refractivity contribution >= 4 is 11.6 Å². The van der Waals surface area contributed by atoms with E-state index in [4.69, 9.17) is 21.1 Å². The summed E-state index contributed by atoms with van der Waals surface area (Å²) in [6, 6.07) is 0. The van der Waals surface area contributed by atoms with Crippen LogP contribution in [0.5, 0.6) is 5.75 Å². The van der Waals surface area contributed by atoms with Gasteiger partial charge in [0, 0.05) is 6.61 Å². The normalized spacial score (nSPS) is 25.6. The molecule has 1 aromatic rings. The van der Waals surface area contributed by atoms with E-state index < -0.39 is 0 Å². The Morgan fingerprint density at radius 3 is 2.82 bits per heavy atom. The number of rotatable bonds is 3. The Labute approximate surface area is 106 Å². The van der Waals surface area contributed by atoms with Crippen molar-refractivity contribution in [3.05, 3.63) is 11.3 Å². The van der Waals surface area contributed by atoms with Crippen LogP contribution < -0.4 is 4.74 Å². The molecular weight excluding hydrogens is 240 g/mol. The van der Waals surface area contributed by atoms with Gasteiger partial charge in [0.15, 0.2) is 17.1 Å². The summed E-state index contributed by atoms with van der Waals surface area (Å²) in [5, 5.41) is 4.85. The second-order valence-corrected chi connectivity index (χ2v) is 5.09. The second-order valence-electron chi connectivity index (χ2n) is 4.74. The standard InChI is InChI=1S/C12H17ClN2O2/c13-12-10(17-9-4-1-2-5-9)8-14-15(12)11-6-3-7-16-11/h8-9,11H,1-7H2. The van der Waals surface area contributed by atoms with Crippen molar-refractivity contribution in [3.8, 4) is 5.75 Å². The summed E-state index contributed by atoms with van der Waals surface area (Å²) in [5.74, 6) is 0.703. The molecule has 17 heavy (non-hydrogen) atoms. The first kappa shape index (κ1) is 11.4. The minimum atomic E-state index is -0.0107. The third-order valence-corrected chi connectivity index (χ3v) is 3.84. The molecule has 0 amide bonds. The lowest BCUT2D eigenvalue weighted by Gasteiger charge is -2.13. The number of aromatic nitrogens is 2. The molecule has 1 saturated heterocycles. The Kier molecular flexibility index (Phi) is 3.25. The smallest absolute Gasteiger partial charge is 0.176 e. The van der Waals surface area contributed by atoms with E-state index in [9.17, 15) is 0 Å². The molecule has 2 aliphatic rings. The van der Waals surface area contributed by atoms with E-state index in [1.165, 1.54) is 12.8 Å². The maximum atomic E-state index is 6.28. The summed E-state index contributed by atoms with van der Waals surface area (Å²) >= 11 is 6.28. The predicted octanol–water partition coefficient (Wildman–Crippen LogP) is 3.17. The zero-order valence-corrected chi connectivity index (χ0v) is 10.5. The van der Waals surface area contributed by atoms with Crippen LogP contribution in [0.4, 0.5) is 0 Å². The van der Waals surface area contributed by atoms with E-state index in [-0.39, 0.29) is 6.23 Å². The molecule has 5 heteroatoms. The highest BCUT2D eigenvalue weighted by Crippen LogP contribution is 2.33. The topological polar surface area (TPSA) is 36.3 Å². The van der Waals surface area contributed by atoms with Crippen LogP contribution in [0.1, 0.15) is 44.8 Å². The molecule has 94 valence electrons. The molecule has 0 radical (unpaired) electrons. The van der Waals surface area contributed by atoms with Crippen molar-refractivity contribution in [1.29, 1.82) is 0 Å². The van der Waals surface area contributed by atoms with Gasteiger partial charge in [-0.15, -0.1) is 0 Å². The Morgan fingerprint density at radius 2 is 2.12 bits per heavy atom. The van der Waals surface area contributed by atoms with Gasteiger partial charge in [0.2, 0.25) is 0 Å². The highest BCUT2D eigenvalue weighted by Gasteiger charge is 2.24. The lowest BCUT2D eigenvalue weighted by atomic mass is 10.3. The van der Waals surface area contributed by atoms with Crippen molar-refractivity contribution in [3.63, 3.8) is 0 Å². The molecule has 0 spiro atoms. The molecule has 1 atom stereocenters. The molecule has 2 fully saturated rings. The van der Waals surface area contributed by atoms with Gasteiger partial charge >= 0.3 is 0 Å². The largest absolute Gasteiger partial charge is 0.486 e. The van der Waals surface area contributed by atoms with E-state index in [1.54, 1.807) is 10.9 Å². The molecule has 2 heterocycles. The van der Waals surface area contributed by atoms with Gasteiger partial charge < -0.3 is 9.47 Å². The van der Waals surface area contributed by atoms with Crippen LogP contribution >= 0.6 is 11.6 Å². The van der Waals surface area contributed by atoms with Crippen molar-refractivity contribution < 1.29 is 9.47 Å². The first-order chi connectivity index (χ1) is 8.34. The average molecular weight is 257 g/mol. The predicted molar refractivity (Wildman–Crippen MR) is 64.3 cm³/mol. The quantitative estimate of drug-likeness (QED) is 0.834. The van der Waals surface area contributed by atoms with Crippen LogP contribution in [0.15, 0.2) is 6.20 Å². The monoisotopic (exact) mass is 256 g/mol. The Morgan fingerprint density at radius 1 is 1.29 bits per heavy atom. The van der Waals surface area contributed by atoms with Crippen LogP contribution in [0.25, 0.3) is 0 Å². The number of hydrogen-bond acceptors (Lipinski definition) is 3. The third-order valence-electron chi connectivity index (χ3n) is 3.48. The summed E-state index contributed by atoms with van der Waals surface area (Å²) in [5.41, 5.74) is 0. The zero-order chi connectivity index (χ0) is 11.7. The van der Waals surface area contributed by atoms with Gasteiger partial charge in [-0.05, 0) is 38.5 Å². The van der Waals surface area contributed by atoms with Crippen LogP contribution in [0.2, 0.25) is 5.15 Å². The lowest BCUT2D eigenvalue weighted by Crippen LogP contribution is -2.12. The Balaban J connectivity index is 1.72. The molecular formula is C12H17ClN2O2. The molecule has 1 unspecified atom stereocenters. The van der Waals surface area contributed by atoms with Gasteiger partial charge in [-0.1, -0.05) is 11.6 Å². The highest BCUT2D eigenvalue weighted by molar-refractivity contribution is 6.31. The van der Waals surface area contributed by atoms with E-state index in [2.05, 4.69) is 5.10 Å². The van der Waals surface area contributed by atoms with Gasteiger partial charge in [0.05, 0.1) is 12.3 Å². The molecule has 4 nitrogen and oxygen atoms in total. The van der Waals surface area contributed by atoms with Gasteiger partial charge in [-0.3, -0.25) is 0 Å². The van der Waals surface area contributed by atoms with Gasteiger partial charge in [0.1, 0.15) is 0 Å². The molecule has 1 aliphatic heterocycles. The molecule has 0 N–H and O–H groups in total. The number of ether oxygens (including phenoxy) is 2. The third kappa shape index (κ3) is 2.29. The summed E-state index contributed by atoms with van der Waals surface area (Å²) in [6.45, 7) is 0.791. The fourth-order valence-corrected chi connectivity index (χ4v) is 2.80. The Hall–Kier alpha value is -0.740. The molecule has 1 aromatic heterocycles. The molecule has 0 aromatic carbocycles. The average Bonchev–Trinajstić information content (AvgIpc) is 3.03. The highest BCUT2D eigenvalue weighted by atomic mass is 35.5. The van der Waals surface area contributed by atoms with Gasteiger partial charge in [-0.25, -0.2) is 4.68 Å². The molecule has 1 aliphatic carbocycles. The van der Waals surface area contributed by atoms with Gasteiger partial charge in [-0.2, -0.15) is 5.10 Å². The summed E-state index contributed by atoms with van der Waals surface area (Å²) < 4.78 is 13.2. The maximum absolute atomic E-state index is 6.28. The summed E-state index contributed by atoms with van der Waals surface area (Å²) in [6.07, 6.45) is 8.82. The van der Waals surface area contributed by atoms with Gasteiger partial charge in [0.25, 0.3) is 0 Å². The first-order valence-electron chi connectivity index (χ1n) is 6.36. The fourth-order valence-electron chi connectivity index (χ4n) is 2.55. The minimum Gasteiger partial charge on any atom is -0.486 e. The summed E-state index contributed by atoms with van der Waals surface area (Å²) in [4.78, 5) is 0. The van der Waals surface area contributed by atoms with Crippen LogP contribution in [0, 0.1) is 0 Å². The maximum Gasteiger partial charge on any atom is 0.176 e. The van der Waals surface area contributed by atoms with Crippen LogP contribution in [0.3, 0.4) is 0 Å². The molecule has 3 rings (SSSR count). The van der Waals surface area contributed by atoms with E-state index in [1.807, 2.05) is 0 Å². The SMILES string of the molecule is Clc1c(OC2CCCC2)cnn1C1CCCO1. The Bertz CT molecular complexity index is 382. The van der Waals surface area contributed by atoms with Crippen molar-refractivity contribution in [2.45, 2.75) is 50.9 Å². The summed E-state index contributed by atoms with van der Waals surface area (Å²) in [7, 11) is 0.